The van der Waals surface area contributed by atoms with E-state index in [0.29, 0.717) is 48.4 Å². The number of aromatic nitrogens is 1. The summed E-state index contributed by atoms with van der Waals surface area (Å²) in [6.07, 6.45) is 0. The van der Waals surface area contributed by atoms with Crippen molar-refractivity contribution < 1.29 is 29.0 Å². The highest BCUT2D eigenvalue weighted by Crippen LogP contribution is 2.52. The third kappa shape index (κ3) is 3.89. The molecule has 3 aliphatic heterocycles. The first kappa shape index (κ1) is 22.9. The topological polar surface area (TPSA) is 127 Å². The van der Waals surface area contributed by atoms with Crippen LogP contribution >= 0.6 is 23.1 Å². The van der Waals surface area contributed by atoms with Crippen LogP contribution in [-0.2, 0) is 25.7 Å². The molecule has 2 N–H and O–H groups in total. The standard InChI is InChI=1S/C22H23N3O7S2/c1-2-32-13-9-11(3-4-12(13)26)15-16-17(20(29)23-19(16)28)33-21-18(15)34-22(30)25(21)10-14(27)24-5-7-31-8-6-24/h3-4,9,15-17,26H,2,5-8,10H2,1H3,(H,23,28,29)/t15-,16+,17-/m0/s1. The van der Waals surface area contributed by atoms with Gasteiger partial charge in [-0.05, 0) is 24.6 Å². The van der Waals surface area contributed by atoms with E-state index in [0.717, 1.165) is 23.1 Å². The van der Waals surface area contributed by atoms with Crippen molar-refractivity contribution in [3.05, 3.63) is 38.3 Å². The number of ether oxygens (including phenoxy) is 2. The van der Waals surface area contributed by atoms with E-state index in [-0.39, 0.29) is 28.8 Å². The van der Waals surface area contributed by atoms with Crippen molar-refractivity contribution in [3.8, 4) is 11.5 Å². The van der Waals surface area contributed by atoms with Gasteiger partial charge in [0.05, 0.1) is 30.8 Å². The van der Waals surface area contributed by atoms with Crippen LogP contribution in [0.4, 0.5) is 0 Å². The Labute approximate surface area is 202 Å². The average molecular weight is 506 g/mol. The summed E-state index contributed by atoms with van der Waals surface area (Å²) in [6.45, 7) is 3.81. The highest BCUT2D eigenvalue weighted by molar-refractivity contribution is 8.00. The summed E-state index contributed by atoms with van der Waals surface area (Å²) in [7, 11) is 0. The first-order valence-electron chi connectivity index (χ1n) is 10.9. The molecule has 2 saturated heterocycles. The Hall–Kier alpha value is -2.83. The van der Waals surface area contributed by atoms with E-state index in [1.807, 2.05) is 0 Å². The molecule has 2 fully saturated rings. The van der Waals surface area contributed by atoms with Gasteiger partial charge >= 0.3 is 4.87 Å². The number of nitrogens with zero attached hydrogens (tertiary/aromatic N) is 2. The van der Waals surface area contributed by atoms with Gasteiger partial charge in [-0.3, -0.25) is 29.1 Å². The molecule has 5 rings (SSSR count). The van der Waals surface area contributed by atoms with Crippen LogP contribution in [0.25, 0.3) is 0 Å². The fourth-order valence-corrected chi connectivity index (χ4v) is 7.32. The molecule has 3 atom stereocenters. The number of thioether (sulfide) groups is 1. The number of carbonyl (C=O) groups excluding carboxylic acids is 3. The predicted molar refractivity (Wildman–Crippen MR) is 123 cm³/mol. The van der Waals surface area contributed by atoms with Crippen LogP contribution in [0, 0.1) is 5.92 Å². The zero-order valence-electron chi connectivity index (χ0n) is 18.3. The molecule has 0 unspecified atom stereocenters. The van der Waals surface area contributed by atoms with Gasteiger partial charge in [0.25, 0.3) is 0 Å². The number of imide groups is 1. The molecule has 0 radical (unpaired) electrons. The van der Waals surface area contributed by atoms with Crippen molar-refractivity contribution in [1.82, 2.24) is 14.8 Å². The molecular formula is C22H23N3O7S2. The summed E-state index contributed by atoms with van der Waals surface area (Å²) in [4.78, 5) is 53.3. The van der Waals surface area contributed by atoms with E-state index in [2.05, 4.69) is 5.32 Å². The van der Waals surface area contributed by atoms with Crippen molar-refractivity contribution >= 4 is 40.8 Å². The van der Waals surface area contributed by atoms with E-state index in [4.69, 9.17) is 9.47 Å². The number of phenolic OH excluding ortho intramolecular Hbond substituents is 1. The zero-order chi connectivity index (χ0) is 24.0. The van der Waals surface area contributed by atoms with Crippen LogP contribution < -0.4 is 14.9 Å². The van der Waals surface area contributed by atoms with Gasteiger partial charge in [-0.1, -0.05) is 29.2 Å². The van der Waals surface area contributed by atoms with Crippen molar-refractivity contribution in [3.63, 3.8) is 0 Å². The van der Waals surface area contributed by atoms with Crippen LogP contribution in [-0.4, -0.2) is 70.5 Å². The monoisotopic (exact) mass is 505 g/mol. The number of hydrogen-bond donors (Lipinski definition) is 2. The summed E-state index contributed by atoms with van der Waals surface area (Å²) in [6, 6.07) is 4.79. The fraction of sp³-hybridized carbons (Fsp3) is 0.455. The normalized spacial score (nSPS) is 23.9. The molecule has 3 amide bonds. The lowest BCUT2D eigenvalue weighted by atomic mass is 9.83. The number of benzene rings is 1. The SMILES string of the molecule is CCOc1cc([C@@H]2c3sc(=O)n(CC(=O)N4CCOCC4)c3S[C@@H]3C(=O)NC(=O)[C@H]23)ccc1O. The first-order chi connectivity index (χ1) is 16.4. The minimum absolute atomic E-state index is 0.0404. The van der Waals surface area contributed by atoms with Gasteiger partial charge in [0.2, 0.25) is 17.7 Å². The van der Waals surface area contributed by atoms with Crippen molar-refractivity contribution in [1.29, 1.82) is 0 Å². The van der Waals surface area contributed by atoms with E-state index in [1.165, 1.54) is 10.6 Å². The second kappa shape index (κ2) is 9.08. The summed E-state index contributed by atoms with van der Waals surface area (Å²) in [5.41, 5.74) is 0.649. The Morgan fingerprint density at radius 1 is 1.24 bits per heavy atom. The predicted octanol–water partition coefficient (Wildman–Crippen LogP) is 0.752. The van der Waals surface area contributed by atoms with E-state index in [9.17, 15) is 24.3 Å². The minimum atomic E-state index is -0.729. The van der Waals surface area contributed by atoms with Gasteiger partial charge in [0.15, 0.2) is 11.5 Å². The maximum Gasteiger partial charge on any atom is 0.308 e. The van der Waals surface area contributed by atoms with Crippen LogP contribution in [0.5, 0.6) is 11.5 Å². The van der Waals surface area contributed by atoms with Gasteiger partial charge in [-0.15, -0.1) is 0 Å². The Bertz CT molecular complexity index is 1220. The van der Waals surface area contributed by atoms with E-state index >= 15 is 0 Å². The number of carbonyl (C=O) groups is 3. The number of aromatic hydroxyl groups is 1. The van der Waals surface area contributed by atoms with Crippen molar-refractivity contribution in [2.24, 2.45) is 5.92 Å². The fourth-order valence-electron chi connectivity index (χ4n) is 4.58. The molecule has 0 spiro atoms. The molecule has 0 aliphatic carbocycles. The first-order valence-corrected chi connectivity index (χ1v) is 12.6. The molecule has 1 aromatic carbocycles. The highest BCUT2D eigenvalue weighted by atomic mass is 32.2. The van der Waals surface area contributed by atoms with Crippen LogP contribution in [0.15, 0.2) is 28.0 Å². The quantitative estimate of drug-likeness (QED) is 0.570. The molecule has 3 aliphatic rings. The molecule has 180 valence electrons. The lowest BCUT2D eigenvalue weighted by molar-refractivity contribution is -0.136. The zero-order valence-corrected chi connectivity index (χ0v) is 19.9. The Morgan fingerprint density at radius 2 is 2.00 bits per heavy atom. The molecule has 1 aromatic heterocycles. The molecule has 12 heteroatoms. The third-order valence-corrected chi connectivity index (χ3v) is 8.80. The number of nitrogens with one attached hydrogen (secondary N) is 1. The smallest absolute Gasteiger partial charge is 0.308 e. The molecular weight excluding hydrogens is 482 g/mol. The Kier molecular flexibility index (Phi) is 6.13. The number of phenols is 1. The Balaban J connectivity index is 1.58. The second-order valence-electron chi connectivity index (χ2n) is 8.17. The largest absolute Gasteiger partial charge is 0.504 e. The molecule has 34 heavy (non-hydrogen) atoms. The van der Waals surface area contributed by atoms with Gasteiger partial charge in [-0.2, -0.15) is 0 Å². The van der Waals surface area contributed by atoms with Crippen molar-refractivity contribution in [2.75, 3.05) is 32.9 Å². The van der Waals surface area contributed by atoms with Crippen LogP contribution in [0.1, 0.15) is 23.3 Å². The highest BCUT2D eigenvalue weighted by Gasteiger charge is 2.53. The van der Waals surface area contributed by atoms with Gasteiger partial charge in [0.1, 0.15) is 11.8 Å². The summed E-state index contributed by atoms with van der Waals surface area (Å²) >= 11 is 2.14. The van der Waals surface area contributed by atoms with Gasteiger partial charge in [-0.25, -0.2) is 0 Å². The van der Waals surface area contributed by atoms with E-state index in [1.54, 1.807) is 24.0 Å². The maximum absolute atomic E-state index is 13.0. The van der Waals surface area contributed by atoms with Crippen molar-refractivity contribution in [2.45, 2.75) is 29.7 Å². The summed E-state index contributed by atoms with van der Waals surface area (Å²) < 4.78 is 12.2. The minimum Gasteiger partial charge on any atom is -0.504 e. The molecule has 2 aromatic rings. The number of hydrogen-bond acceptors (Lipinski definition) is 9. The van der Waals surface area contributed by atoms with Gasteiger partial charge < -0.3 is 19.5 Å². The van der Waals surface area contributed by atoms with Crippen LogP contribution in [0.3, 0.4) is 0 Å². The van der Waals surface area contributed by atoms with E-state index < -0.39 is 28.9 Å². The van der Waals surface area contributed by atoms with Crippen LogP contribution in [0.2, 0.25) is 0 Å². The maximum atomic E-state index is 13.0. The second-order valence-corrected chi connectivity index (χ2v) is 10.3. The average Bonchev–Trinajstić information content (AvgIpc) is 3.29. The summed E-state index contributed by atoms with van der Waals surface area (Å²) in [5.74, 6) is -2.10. The molecule has 0 saturated carbocycles. The molecule has 4 heterocycles. The Morgan fingerprint density at radius 3 is 2.74 bits per heavy atom. The number of amides is 3. The third-order valence-electron chi connectivity index (χ3n) is 6.19. The number of fused-ring (bicyclic) bond motifs is 2. The lowest BCUT2D eigenvalue weighted by Crippen LogP contribution is -2.43. The molecule has 0 bridgehead atoms. The molecule has 10 nitrogen and oxygen atoms in total. The van der Waals surface area contributed by atoms with Gasteiger partial charge in [0, 0.05) is 23.9 Å². The lowest BCUT2D eigenvalue weighted by Gasteiger charge is -2.31. The number of morpholine rings is 1. The summed E-state index contributed by atoms with van der Waals surface area (Å²) in [5, 5.41) is 12.4. The number of thiazole rings is 1. The number of rotatable bonds is 5.